The molecule has 0 aliphatic heterocycles. The lowest BCUT2D eigenvalue weighted by Gasteiger charge is -2.31. The van der Waals surface area contributed by atoms with E-state index in [-0.39, 0.29) is 24.0 Å². The first kappa shape index (κ1) is 22.9. The number of hydrogen-bond donors (Lipinski definition) is 1. The van der Waals surface area contributed by atoms with Crippen LogP contribution in [0.4, 0.5) is 0 Å². The monoisotopic (exact) mass is 460 g/mol. The van der Waals surface area contributed by atoms with Crippen molar-refractivity contribution >= 4 is 27.7 Å². The lowest BCUT2D eigenvalue weighted by atomic mass is 10.1. The molecule has 2 amide bonds. The number of rotatable bonds is 8. The third kappa shape index (κ3) is 7.89. The van der Waals surface area contributed by atoms with Gasteiger partial charge in [-0.25, -0.2) is 0 Å². The lowest BCUT2D eigenvalue weighted by molar-refractivity contribution is -0.142. The quantitative estimate of drug-likeness (QED) is 0.641. The minimum absolute atomic E-state index is 0.121. The first-order chi connectivity index (χ1) is 13.7. The largest absolute Gasteiger partial charge is 0.484 e. The third-order valence-electron chi connectivity index (χ3n) is 4.33. The number of carbonyl (C=O) groups excluding carboxylic acids is 2. The molecule has 2 aromatic carbocycles. The molecule has 0 bridgehead atoms. The molecule has 0 saturated carbocycles. The number of carbonyl (C=O) groups is 2. The van der Waals surface area contributed by atoms with Crippen LogP contribution in [-0.2, 0) is 16.0 Å². The molecular weight excluding hydrogens is 432 g/mol. The minimum atomic E-state index is -0.598. The van der Waals surface area contributed by atoms with Gasteiger partial charge in [-0.05, 0) is 63.9 Å². The second-order valence-electron chi connectivity index (χ2n) is 7.98. The summed E-state index contributed by atoms with van der Waals surface area (Å²) in [5.74, 6) is 0.208. The molecule has 0 spiro atoms. The summed E-state index contributed by atoms with van der Waals surface area (Å²) < 4.78 is 6.58. The van der Waals surface area contributed by atoms with Crippen molar-refractivity contribution in [3.63, 3.8) is 0 Å². The van der Waals surface area contributed by atoms with Crippen LogP contribution >= 0.6 is 15.9 Å². The zero-order chi connectivity index (χ0) is 21.4. The Kier molecular flexibility index (Phi) is 8.26. The highest BCUT2D eigenvalue weighted by Crippen LogP contribution is 2.16. The fourth-order valence-corrected chi connectivity index (χ4v) is 3.07. The molecule has 29 heavy (non-hydrogen) atoms. The van der Waals surface area contributed by atoms with Crippen LogP contribution in [0.5, 0.6) is 5.75 Å². The summed E-state index contributed by atoms with van der Waals surface area (Å²) in [6.45, 7) is 7.83. The average molecular weight is 461 g/mol. The van der Waals surface area contributed by atoms with Crippen LogP contribution in [0.25, 0.3) is 0 Å². The smallest absolute Gasteiger partial charge is 0.261 e. The summed E-state index contributed by atoms with van der Waals surface area (Å²) in [6, 6.07) is 16.6. The number of nitrogens with zero attached hydrogens (tertiary/aromatic N) is 1. The molecule has 0 heterocycles. The summed E-state index contributed by atoms with van der Waals surface area (Å²) in [5.41, 5.74) is 0.746. The normalized spacial score (nSPS) is 12.2. The molecular formula is C23H29BrN2O3. The Hall–Kier alpha value is -2.34. The second-order valence-corrected chi connectivity index (χ2v) is 8.90. The summed E-state index contributed by atoms with van der Waals surface area (Å²) in [6.07, 6.45) is 0.665. The summed E-state index contributed by atoms with van der Waals surface area (Å²) >= 11 is 3.38. The van der Waals surface area contributed by atoms with E-state index in [9.17, 15) is 9.59 Å². The van der Waals surface area contributed by atoms with Crippen molar-refractivity contribution in [3.05, 3.63) is 64.6 Å². The van der Waals surface area contributed by atoms with Gasteiger partial charge in [0.2, 0.25) is 5.91 Å². The Morgan fingerprint density at radius 2 is 1.69 bits per heavy atom. The molecule has 0 aliphatic carbocycles. The summed E-state index contributed by atoms with van der Waals surface area (Å²) in [5, 5.41) is 2.95. The first-order valence-corrected chi connectivity index (χ1v) is 10.5. The van der Waals surface area contributed by atoms with Crippen LogP contribution in [-0.4, -0.2) is 41.4 Å². The van der Waals surface area contributed by atoms with Crippen molar-refractivity contribution in [1.29, 1.82) is 0 Å². The predicted molar refractivity (Wildman–Crippen MR) is 119 cm³/mol. The SMILES string of the molecule is C[C@H](C(=O)NC(C)(C)C)N(CCc1ccccc1)C(=O)COc1ccc(Br)cc1. The van der Waals surface area contributed by atoms with Crippen LogP contribution in [0.1, 0.15) is 33.3 Å². The van der Waals surface area contributed by atoms with Gasteiger partial charge in [-0.15, -0.1) is 0 Å². The Morgan fingerprint density at radius 1 is 1.07 bits per heavy atom. The zero-order valence-corrected chi connectivity index (χ0v) is 19.0. The van der Waals surface area contributed by atoms with Crippen molar-refractivity contribution in [3.8, 4) is 5.75 Å². The number of amides is 2. The predicted octanol–water partition coefficient (Wildman–Crippen LogP) is 4.20. The Labute approximate surface area is 181 Å². The third-order valence-corrected chi connectivity index (χ3v) is 4.85. The van der Waals surface area contributed by atoms with Gasteiger partial charge in [0.25, 0.3) is 5.91 Å². The van der Waals surface area contributed by atoms with E-state index in [1.807, 2.05) is 63.2 Å². The molecule has 0 unspecified atom stereocenters. The van der Waals surface area contributed by atoms with Gasteiger partial charge in [-0.2, -0.15) is 0 Å². The van der Waals surface area contributed by atoms with Gasteiger partial charge in [-0.3, -0.25) is 9.59 Å². The average Bonchev–Trinajstić information content (AvgIpc) is 2.67. The summed E-state index contributed by atoms with van der Waals surface area (Å²) in [7, 11) is 0. The Bertz CT molecular complexity index is 801. The Balaban J connectivity index is 2.07. The van der Waals surface area contributed by atoms with Crippen molar-refractivity contribution in [2.45, 2.75) is 45.7 Å². The molecule has 1 atom stereocenters. The number of ether oxygens (including phenoxy) is 1. The van der Waals surface area contributed by atoms with Crippen molar-refractivity contribution in [1.82, 2.24) is 10.2 Å². The maximum absolute atomic E-state index is 12.9. The molecule has 6 heteroatoms. The fourth-order valence-electron chi connectivity index (χ4n) is 2.80. The molecule has 5 nitrogen and oxygen atoms in total. The highest BCUT2D eigenvalue weighted by atomic mass is 79.9. The van der Waals surface area contributed by atoms with Gasteiger partial charge in [0.15, 0.2) is 6.61 Å². The molecule has 2 rings (SSSR count). The molecule has 2 aromatic rings. The molecule has 0 aliphatic rings. The fraction of sp³-hybridized carbons (Fsp3) is 0.391. The van der Waals surface area contributed by atoms with Crippen LogP contribution in [0, 0.1) is 0 Å². The van der Waals surface area contributed by atoms with E-state index in [1.54, 1.807) is 24.0 Å². The molecule has 0 radical (unpaired) electrons. The van der Waals surface area contributed by atoms with Crippen LogP contribution in [0.2, 0.25) is 0 Å². The van der Waals surface area contributed by atoms with Gasteiger partial charge >= 0.3 is 0 Å². The topological polar surface area (TPSA) is 58.6 Å². The van der Waals surface area contributed by atoms with Gasteiger partial charge in [0.05, 0.1) is 0 Å². The molecule has 0 aromatic heterocycles. The highest BCUT2D eigenvalue weighted by Gasteiger charge is 2.28. The lowest BCUT2D eigenvalue weighted by Crippen LogP contribution is -2.53. The van der Waals surface area contributed by atoms with Gasteiger partial charge < -0.3 is 15.0 Å². The number of nitrogens with one attached hydrogen (secondary N) is 1. The van der Waals surface area contributed by atoms with Gasteiger partial charge in [0.1, 0.15) is 11.8 Å². The van der Waals surface area contributed by atoms with E-state index in [4.69, 9.17) is 4.74 Å². The standard InChI is InChI=1S/C23H29BrN2O3/c1-17(22(28)25-23(2,3)4)26(15-14-18-8-6-5-7-9-18)21(27)16-29-20-12-10-19(24)11-13-20/h5-13,17H,14-16H2,1-4H3,(H,25,28)/t17-/m1/s1. The summed E-state index contributed by atoms with van der Waals surface area (Å²) in [4.78, 5) is 27.2. The highest BCUT2D eigenvalue weighted by molar-refractivity contribution is 9.10. The maximum atomic E-state index is 12.9. The first-order valence-electron chi connectivity index (χ1n) is 9.69. The van der Waals surface area contributed by atoms with Gasteiger partial charge in [0, 0.05) is 16.6 Å². The Morgan fingerprint density at radius 3 is 2.28 bits per heavy atom. The van der Waals surface area contributed by atoms with E-state index < -0.39 is 6.04 Å². The van der Waals surface area contributed by atoms with E-state index in [0.29, 0.717) is 18.7 Å². The van der Waals surface area contributed by atoms with E-state index >= 15 is 0 Å². The zero-order valence-electron chi connectivity index (χ0n) is 17.4. The molecule has 0 saturated heterocycles. The molecule has 1 N–H and O–H groups in total. The van der Waals surface area contributed by atoms with E-state index in [2.05, 4.69) is 21.2 Å². The van der Waals surface area contributed by atoms with Crippen molar-refractivity contribution in [2.24, 2.45) is 0 Å². The molecule has 156 valence electrons. The molecule has 0 fully saturated rings. The maximum Gasteiger partial charge on any atom is 0.261 e. The van der Waals surface area contributed by atoms with E-state index in [1.165, 1.54) is 0 Å². The van der Waals surface area contributed by atoms with E-state index in [0.717, 1.165) is 10.0 Å². The van der Waals surface area contributed by atoms with Crippen LogP contribution in [0.15, 0.2) is 59.1 Å². The number of benzene rings is 2. The van der Waals surface area contributed by atoms with Crippen molar-refractivity contribution < 1.29 is 14.3 Å². The minimum Gasteiger partial charge on any atom is -0.484 e. The number of hydrogen-bond acceptors (Lipinski definition) is 3. The second kappa shape index (κ2) is 10.4. The number of halogens is 1. The van der Waals surface area contributed by atoms with Crippen LogP contribution < -0.4 is 10.1 Å². The van der Waals surface area contributed by atoms with Crippen LogP contribution in [0.3, 0.4) is 0 Å². The van der Waals surface area contributed by atoms with Crippen molar-refractivity contribution in [2.75, 3.05) is 13.2 Å². The van der Waals surface area contributed by atoms with Gasteiger partial charge in [-0.1, -0.05) is 46.3 Å².